The zero-order chi connectivity index (χ0) is 30.0. The number of hydrogen-bond donors (Lipinski definition) is 1. The molecule has 4 aromatic rings. The number of hydrogen-bond acceptors (Lipinski definition) is 5. The van der Waals surface area contributed by atoms with Gasteiger partial charge >= 0.3 is 5.69 Å². The van der Waals surface area contributed by atoms with Gasteiger partial charge in [-0.2, -0.15) is 0 Å². The molecule has 0 bridgehead atoms. The zero-order valence-corrected chi connectivity index (χ0v) is 24.3. The minimum Gasteiger partial charge on any atom is -0.363 e. The van der Waals surface area contributed by atoms with Crippen LogP contribution in [0.5, 0.6) is 0 Å². The lowest BCUT2D eigenvalue weighted by molar-refractivity contribution is 0.248. The maximum Gasteiger partial charge on any atom is 0.331 e. The van der Waals surface area contributed by atoms with Crippen LogP contribution in [-0.4, -0.2) is 40.2 Å². The Morgan fingerprint density at radius 1 is 0.738 bits per heavy atom. The van der Waals surface area contributed by atoms with Gasteiger partial charge in [0.15, 0.2) is 0 Å². The third kappa shape index (κ3) is 5.93. The van der Waals surface area contributed by atoms with Crippen LogP contribution in [0.3, 0.4) is 0 Å². The minimum atomic E-state index is -0.748. The van der Waals surface area contributed by atoms with Gasteiger partial charge < -0.3 is 10.6 Å². The fourth-order valence-electron chi connectivity index (χ4n) is 5.79. The molecule has 1 atom stereocenters. The van der Waals surface area contributed by atoms with Crippen LogP contribution in [0.15, 0.2) is 76.3 Å². The van der Waals surface area contributed by atoms with Gasteiger partial charge in [0.1, 0.15) is 17.3 Å². The lowest BCUT2D eigenvalue weighted by Gasteiger charge is -2.37. The van der Waals surface area contributed by atoms with E-state index in [-0.39, 0.29) is 18.7 Å². The van der Waals surface area contributed by atoms with E-state index >= 15 is 0 Å². The lowest BCUT2D eigenvalue weighted by atomic mass is 10.0. The summed E-state index contributed by atoms with van der Waals surface area (Å²) in [4.78, 5) is 32.1. The molecule has 0 amide bonds. The number of aromatic nitrogens is 2. The van der Waals surface area contributed by atoms with Gasteiger partial charge in [-0.15, -0.1) is 0 Å². The van der Waals surface area contributed by atoms with Crippen molar-refractivity contribution < 1.29 is 8.78 Å². The van der Waals surface area contributed by atoms with E-state index in [4.69, 9.17) is 5.73 Å². The third-order valence-corrected chi connectivity index (χ3v) is 8.36. The molecule has 0 radical (unpaired) electrons. The molecule has 2 heterocycles. The second kappa shape index (κ2) is 12.4. The highest BCUT2D eigenvalue weighted by atomic mass is 19.1. The van der Waals surface area contributed by atoms with E-state index in [1.807, 2.05) is 35.2 Å². The van der Waals surface area contributed by atoms with Gasteiger partial charge in [0.05, 0.1) is 13.1 Å². The highest BCUT2D eigenvalue weighted by Gasteiger charge is 2.27. The molecule has 1 saturated heterocycles. The summed E-state index contributed by atoms with van der Waals surface area (Å²) in [7, 11) is 0. The van der Waals surface area contributed by atoms with Crippen molar-refractivity contribution in [1.29, 1.82) is 0 Å². The quantitative estimate of drug-likeness (QED) is 0.341. The van der Waals surface area contributed by atoms with E-state index in [0.29, 0.717) is 24.5 Å². The molecule has 1 aliphatic rings. The molecular weight excluding hydrogens is 536 g/mol. The summed E-state index contributed by atoms with van der Waals surface area (Å²) in [5.74, 6) is -1.50. The summed E-state index contributed by atoms with van der Waals surface area (Å²) in [6.45, 7) is 8.88. The van der Waals surface area contributed by atoms with E-state index in [0.717, 1.165) is 41.9 Å². The first-order chi connectivity index (χ1) is 20.2. The van der Waals surface area contributed by atoms with Crippen LogP contribution in [0.2, 0.25) is 0 Å². The second-order valence-electron chi connectivity index (χ2n) is 11.1. The topological polar surface area (TPSA) is 76.5 Å². The van der Waals surface area contributed by atoms with Crippen LogP contribution in [0.4, 0.5) is 14.5 Å². The molecule has 9 heteroatoms. The van der Waals surface area contributed by atoms with Crippen molar-refractivity contribution in [2.75, 3.05) is 31.1 Å². The predicted molar refractivity (Wildman–Crippen MR) is 162 cm³/mol. The number of aryl methyl sites for hydroxylation is 2. The van der Waals surface area contributed by atoms with E-state index in [9.17, 15) is 18.4 Å². The van der Waals surface area contributed by atoms with E-state index in [1.54, 1.807) is 6.92 Å². The van der Waals surface area contributed by atoms with Crippen molar-refractivity contribution in [3.8, 4) is 0 Å². The monoisotopic (exact) mass is 573 g/mol. The van der Waals surface area contributed by atoms with Crippen LogP contribution in [-0.2, 0) is 19.6 Å². The highest BCUT2D eigenvalue weighted by Crippen LogP contribution is 2.22. The van der Waals surface area contributed by atoms with Crippen molar-refractivity contribution in [2.45, 2.75) is 46.4 Å². The lowest BCUT2D eigenvalue weighted by Crippen LogP contribution is -2.51. The van der Waals surface area contributed by atoms with Gasteiger partial charge in [0.25, 0.3) is 5.56 Å². The van der Waals surface area contributed by atoms with Crippen molar-refractivity contribution >= 4 is 5.69 Å². The number of piperazine rings is 1. The maximum atomic E-state index is 14.7. The Hall–Kier alpha value is -4.08. The van der Waals surface area contributed by atoms with Gasteiger partial charge in [0.2, 0.25) is 0 Å². The van der Waals surface area contributed by atoms with Crippen molar-refractivity contribution in [2.24, 2.45) is 5.73 Å². The summed E-state index contributed by atoms with van der Waals surface area (Å²) in [5, 5.41) is 0. The van der Waals surface area contributed by atoms with Crippen molar-refractivity contribution in [1.82, 2.24) is 14.0 Å². The Bertz CT molecular complexity index is 1650. The van der Waals surface area contributed by atoms with Crippen LogP contribution in [0.1, 0.15) is 39.6 Å². The largest absolute Gasteiger partial charge is 0.363 e. The minimum absolute atomic E-state index is 0.0682. The molecule has 0 unspecified atom stereocenters. The molecule has 1 fully saturated rings. The fraction of sp³-hybridized carbons (Fsp3) is 0.333. The van der Waals surface area contributed by atoms with Crippen LogP contribution in [0.25, 0.3) is 0 Å². The summed E-state index contributed by atoms with van der Waals surface area (Å²) < 4.78 is 31.8. The number of benzene rings is 3. The first-order valence-electron chi connectivity index (χ1n) is 14.3. The molecule has 0 saturated carbocycles. The van der Waals surface area contributed by atoms with Crippen LogP contribution < -0.4 is 21.9 Å². The molecular formula is C33H37F2N5O2. The molecule has 0 aliphatic carbocycles. The van der Waals surface area contributed by atoms with Crippen LogP contribution in [0, 0.1) is 32.4 Å². The highest BCUT2D eigenvalue weighted by molar-refractivity contribution is 5.50. The molecule has 0 spiro atoms. The first kappa shape index (κ1) is 29.4. The Balaban J connectivity index is 1.50. The van der Waals surface area contributed by atoms with Gasteiger partial charge in [-0.25, -0.2) is 13.6 Å². The number of nitrogens with zero attached hydrogens (tertiary/aromatic N) is 4. The van der Waals surface area contributed by atoms with Gasteiger partial charge in [-0.05, 0) is 55.2 Å². The number of anilines is 1. The van der Waals surface area contributed by atoms with E-state index < -0.39 is 28.9 Å². The number of halogens is 2. The Morgan fingerprint density at radius 2 is 1.33 bits per heavy atom. The smallest absolute Gasteiger partial charge is 0.331 e. The summed E-state index contributed by atoms with van der Waals surface area (Å²) >= 11 is 0. The summed E-state index contributed by atoms with van der Waals surface area (Å²) in [6, 6.07) is 18.5. The predicted octanol–water partition coefficient (Wildman–Crippen LogP) is 4.28. The molecule has 42 heavy (non-hydrogen) atoms. The number of nitrogens with two attached hydrogens (primary N) is 1. The SMILES string of the molecule is Cc1cccc(C)c1CN1CCN(c2c(C)n(Cc3c(F)cccc3F)c(=O)n(C[C@H](N)c3ccccc3)c2=O)CC1. The van der Waals surface area contributed by atoms with E-state index in [2.05, 4.69) is 36.9 Å². The van der Waals surface area contributed by atoms with Crippen molar-refractivity contribution in [3.05, 3.63) is 133 Å². The van der Waals surface area contributed by atoms with E-state index in [1.165, 1.54) is 27.3 Å². The third-order valence-electron chi connectivity index (χ3n) is 8.36. The summed E-state index contributed by atoms with van der Waals surface area (Å²) in [5.41, 5.74) is 10.4. The maximum absolute atomic E-state index is 14.7. The Labute approximate surface area is 244 Å². The normalized spacial score (nSPS) is 14.8. The molecule has 7 nitrogen and oxygen atoms in total. The van der Waals surface area contributed by atoms with Gasteiger partial charge in [-0.1, -0.05) is 54.6 Å². The van der Waals surface area contributed by atoms with Gasteiger partial charge in [0, 0.05) is 50.0 Å². The molecule has 1 aliphatic heterocycles. The first-order valence-corrected chi connectivity index (χ1v) is 14.3. The molecule has 3 aromatic carbocycles. The molecule has 220 valence electrons. The van der Waals surface area contributed by atoms with Crippen molar-refractivity contribution in [3.63, 3.8) is 0 Å². The van der Waals surface area contributed by atoms with Crippen LogP contribution >= 0.6 is 0 Å². The molecule has 2 N–H and O–H groups in total. The molecule has 5 rings (SSSR count). The second-order valence-corrected chi connectivity index (χ2v) is 11.1. The zero-order valence-electron chi connectivity index (χ0n) is 24.3. The Morgan fingerprint density at radius 3 is 1.95 bits per heavy atom. The summed E-state index contributed by atoms with van der Waals surface area (Å²) in [6.07, 6.45) is 0. The standard InChI is InChI=1S/C33H37F2N5O2/c1-22-9-7-10-23(2)26(22)19-37-15-17-38(18-16-37)31-24(3)39(20-27-28(34)13-8-14-29(27)35)33(42)40(32(31)41)21-30(36)25-11-5-4-6-12-25/h4-14,30H,15-21,36H2,1-3H3/t30-/m0/s1. The van der Waals surface area contributed by atoms with Gasteiger partial charge in [-0.3, -0.25) is 18.8 Å². The average molecular weight is 574 g/mol. The Kier molecular flexibility index (Phi) is 8.70. The fourth-order valence-corrected chi connectivity index (χ4v) is 5.79. The average Bonchev–Trinajstić information content (AvgIpc) is 2.98. The molecule has 1 aromatic heterocycles. The number of rotatable bonds is 8.